The summed E-state index contributed by atoms with van der Waals surface area (Å²) in [6.45, 7) is 6.50. The van der Waals surface area contributed by atoms with E-state index in [9.17, 15) is 5.11 Å². The van der Waals surface area contributed by atoms with E-state index in [0.717, 1.165) is 28.1 Å². The van der Waals surface area contributed by atoms with Gasteiger partial charge in [-0.05, 0) is 55.7 Å². The molecule has 1 heterocycles. The lowest BCUT2D eigenvalue weighted by molar-refractivity contribution is 0.476. The molecule has 0 saturated carbocycles. The number of benzene rings is 2. The second kappa shape index (κ2) is 6.62. The van der Waals surface area contributed by atoms with E-state index in [1.165, 1.54) is 0 Å². The van der Waals surface area contributed by atoms with E-state index in [-0.39, 0.29) is 5.75 Å². The van der Waals surface area contributed by atoms with Crippen LogP contribution in [0.2, 0.25) is 0 Å². The van der Waals surface area contributed by atoms with Crippen LogP contribution in [0, 0.1) is 20.8 Å². The van der Waals surface area contributed by atoms with Crippen molar-refractivity contribution in [3.8, 4) is 5.75 Å². The topological polar surface area (TPSA) is 75.7 Å². The molecule has 0 radical (unpaired) electrons. The summed E-state index contributed by atoms with van der Waals surface area (Å²) in [6.07, 6.45) is 1.90. The molecule has 0 unspecified atom stereocenters. The van der Waals surface area contributed by atoms with Crippen molar-refractivity contribution in [2.24, 2.45) is 10.2 Å². The maximum absolute atomic E-state index is 9.86. The van der Waals surface area contributed by atoms with Crippen LogP contribution in [0.25, 0.3) is 0 Å². The third-order valence-electron chi connectivity index (χ3n) is 3.80. The summed E-state index contributed by atoms with van der Waals surface area (Å²) >= 11 is 0. The Labute approximate surface area is 140 Å². The molecular weight excluding hydrogens is 302 g/mol. The van der Waals surface area contributed by atoms with Crippen molar-refractivity contribution in [2.45, 2.75) is 27.3 Å². The molecule has 6 heteroatoms. The molecule has 0 aliphatic rings. The zero-order valence-corrected chi connectivity index (χ0v) is 13.9. The third kappa shape index (κ3) is 3.48. The number of nitrogens with zero attached hydrogens (tertiary/aromatic N) is 5. The molecule has 0 bridgehead atoms. The van der Waals surface area contributed by atoms with Gasteiger partial charge in [-0.15, -0.1) is 10.2 Å². The van der Waals surface area contributed by atoms with Crippen molar-refractivity contribution in [1.29, 1.82) is 0 Å². The number of phenolic OH excluding ortho intramolecular Hbond substituents is 1. The zero-order valence-electron chi connectivity index (χ0n) is 13.9. The summed E-state index contributed by atoms with van der Waals surface area (Å²) < 4.78 is 1.80. The van der Waals surface area contributed by atoms with Crippen LogP contribution in [0.3, 0.4) is 0 Å². The molecular formula is C18H19N5O. The summed E-state index contributed by atoms with van der Waals surface area (Å²) in [5.41, 5.74) is 5.27. The number of hydrogen-bond donors (Lipinski definition) is 1. The lowest BCUT2D eigenvalue weighted by Crippen LogP contribution is -2.02. The van der Waals surface area contributed by atoms with Gasteiger partial charge in [0, 0.05) is 6.20 Å². The molecule has 0 fully saturated rings. The summed E-state index contributed by atoms with van der Waals surface area (Å²) in [5, 5.41) is 26.4. The van der Waals surface area contributed by atoms with Gasteiger partial charge in [0.05, 0.1) is 17.9 Å². The smallest absolute Gasteiger partial charge is 0.143 e. The zero-order chi connectivity index (χ0) is 17.1. The Kier molecular flexibility index (Phi) is 4.37. The molecule has 0 saturated heterocycles. The van der Waals surface area contributed by atoms with Gasteiger partial charge in [0.15, 0.2) is 0 Å². The minimum Gasteiger partial charge on any atom is -0.506 e. The number of aryl methyl sites for hydroxylation is 2. The van der Waals surface area contributed by atoms with Gasteiger partial charge in [-0.1, -0.05) is 23.4 Å². The van der Waals surface area contributed by atoms with E-state index in [1.807, 2.05) is 51.2 Å². The number of hydrogen-bond acceptors (Lipinski definition) is 5. The third-order valence-corrected chi connectivity index (χ3v) is 3.80. The van der Waals surface area contributed by atoms with Crippen molar-refractivity contribution < 1.29 is 5.11 Å². The van der Waals surface area contributed by atoms with Gasteiger partial charge >= 0.3 is 0 Å². The standard InChI is InChI=1S/C18H19N5O/c1-12-7-8-18(24)17(9-12)21-20-16-6-4-5-15(14(16)3)11-23-10-13(2)19-22-23/h4-10,24H,11H2,1-3H3. The van der Waals surface area contributed by atoms with E-state index in [2.05, 4.69) is 20.5 Å². The molecule has 0 atom stereocenters. The molecule has 6 nitrogen and oxygen atoms in total. The first-order chi connectivity index (χ1) is 11.5. The van der Waals surface area contributed by atoms with Gasteiger partial charge in [-0.25, -0.2) is 4.68 Å². The van der Waals surface area contributed by atoms with Gasteiger partial charge in [0.2, 0.25) is 0 Å². The van der Waals surface area contributed by atoms with Crippen molar-refractivity contribution in [1.82, 2.24) is 15.0 Å². The molecule has 1 aromatic heterocycles. The average Bonchev–Trinajstić information content (AvgIpc) is 2.96. The minimum atomic E-state index is 0.122. The number of aromatic hydroxyl groups is 1. The highest BCUT2D eigenvalue weighted by Crippen LogP contribution is 2.30. The first-order valence-electron chi connectivity index (χ1n) is 7.69. The molecule has 2 aromatic carbocycles. The van der Waals surface area contributed by atoms with Crippen LogP contribution in [0.15, 0.2) is 52.8 Å². The Hall–Kier alpha value is -3.02. The minimum absolute atomic E-state index is 0.122. The van der Waals surface area contributed by atoms with Crippen LogP contribution in [0.5, 0.6) is 5.75 Å². The number of rotatable bonds is 4. The van der Waals surface area contributed by atoms with Crippen molar-refractivity contribution in [3.05, 3.63) is 65.0 Å². The Morgan fingerprint density at radius 2 is 1.83 bits per heavy atom. The number of aromatic nitrogens is 3. The SMILES string of the molecule is Cc1ccc(O)c(N=Nc2cccc(Cn3cc(C)nn3)c2C)c1. The average molecular weight is 321 g/mol. The lowest BCUT2D eigenvalue weighted by atomic mass is 10.1. The summed E-state index contributed by atoms with van der Waals surface area (Å²) in [7, 11) is 0. The van der Waals surface area contributed by atoms with E-state index in [0.29, 0.717) is 12.2 Å². The second-order valence-corrected chi connectivity index (χ2v) is 5.81. The highest BCUT2D eigenvalue weighted by atomic mass is 16.3. The fraction of sp³-hybridized carbons (Fsp3) is 0.222. The van der Waals surface area contributed by atoms with Crippen molar-refractivity contribution >= 4 is 11.4 Å². The molecule has 0 spiro atoms. The van der Waals surface area contributed by atoms with Crippen LogP contribution < -0.4 is 0 Å². The maximum Gasteiger partial charge on any atom is 0.143 e. The van der Waals surface area contributed by atoms with Crippen LogP contribution in [0.1, 0.15) is 22.4 Å². The monoisotopic (exact) mass is 321 g/mol. The fourth-order valence-electron chi connectivity index (χ4n) is 2.42. The quantitative estimate of drug-likeness (QED) is 0.725. The van der Waals surface area contributed by atoms with E-state index >= 15 is 0 Å². The predicted molar refractivity (Wildman–Crippen MR) is 92.1 cm³/mol. The molecule has 24 heavy (non-hydrogen) atoms. The van der Waals surface area contributed by atoms with E-state index in [4.69, 9.17) is 0 Å². The first-order valence-corrected chi connectivity index (χ1v) is 7.69. The highest BCUT2D eigenvalue weighted by Gasteiger charge is 2.06. The summed E-state index contributed by atoms with van der Waals surface area (Å²) in [4.78, 5) is 0. The lowest BCUT2D eigenvalue weighted by Gasteiger charge is -2.07. The van der Waals surface area contributed by atoms with Crippen LogP contribution in [0.4, 0.5) is 11.4 Å². The molecule has 122 valence electrons. The summed E-state index contributed by atoms with van der Waals surface area (Å²) in [6, 6.07) is 11.1. The largest absolute Gasteiger partial charge is 0.506 e. The maximum atomic E-state index is 9.86. The van der Waals surface area contributed by atoms with E-state index < -0.39 is 0 Å². The highest BCUT2D eigenvalue weighted by molar-refractivity contribution is 5.54. The Morgan fingerprint density at radius 3 is 2.58 bits per heavy atom. The molecule has 0 aliphatic carbocycles. The molecule has 3 rings (SSSR count). The second-order valence-electron chi connectivity index (χ2n) is 5.81. The Bertz CT molecular complexity index is 898. The van der Waals surface area contributed by atoms with Crippen LogP contribution >= 0.6 is 0 Å². The fourth-order valence-corrected chi connectivity index (χ4v) is 2.42. The molecule has 3 aromatic rings. The van der Waals surface area contributed by atoms with E-state index in [1.54, 1.807) is 16.8 Å². The predicted octanol–water partition coefficient (Wildman–Crippen LogP) is 4.37. The van der Waals surface area contributed by atoms with Gasteiger partial charge in [-0.2, -0.15) is 5.11 Å². The Morgan fingerprint density at radius 1 is 1.04 bits per heavy atom. The molecule has 0 amide bonds. The number of azo groups is 1. The van der Waals surface area contributed by atoms with Crippen molar-refractivity contribution in [3.63, 3.8) is 0 Å². The van der Waals surface area contributed by atoms with Crippen LogP contribution in [-0.2, 0) is 6.54 Å². The summed E-state index contributed by atoms with van der Waals surface area (Å²) in [5.74, 6) is 0.122. The van der Waals surface area contributed by atoms with Gasteiger partial charge < -0.3 is 5.11 Å². The first kappa shape index (κ1) is 15.9. The van der Waals surface area contributed by atoms with Gasteiger partial charge in [0.25, 0.3) is 0 Å². The normalized spacial score (nSPS) is 11.3. The Balaban J connectivity index is 1.87. The van der Waals surface area contributed by atoms with Gasteiger partial charge in [-0.3, -0.25) is 0 Å². The van der Waals surface area contributed by atoms with Crippen LogP contribution in [-0.4, -0.2) is 20.1 Å². The van der Waals surface area contributed by atoms with Gasteiger partial charge in [0.1, 0.15) is 11.4 Å². The number of phenols is 1. The molecule has 1 N–H and O–H groups in total. The van der Waals surface area contributed by atoms with Crippen molar-refractivity contribution in [2.75, 3.05) is 0 Å². The molecule has 0 aliphatic heterocycles.